The van der Waals surface area contributed by atoms with Crippen molar-refractivity contribution in [1.29, 1.82) is 0 Å². The normalized spacial score (nSPS) is 26.9. The van der Waals surface area contributed by atoms with Crippen LogP contribution in [0.15, 0.2) is 0 Å². The summed E-state index contributed by atoms with van der Waals surface area (Å²) in [7, 11) is 0. The van der Waals surface area contributed by atoms with Crippen molar-refractivity contribution in [3.8, 4) is 0 Å². The van der Waals surface area contributed by atoms with Gasteiger partial charge in [0.1, 0.15) is 0 Å². The number of ether oxygens (including phenoxy) is 1. The smallest absolute Gasteiger partial charge is 0.314 e. The van der Waals surface area contributed by atoms with Gasteiger partial charge in [-0.25, -0.2) is 4.79 Å². The molecule has 5 nitrogen and oxygen atoms in total. The zero-order valence-corrected chi connectivity index (χ0v) is 15.0. The Morgan fingerprint density at radius 3 is 2.48 bits per heavy atom. The number of hydrogen-bond donors (Lipinski definition) is 2. The van der Waals surface area contributed by atoms with Gasteiger partial charge in [-0.2, -0.15) is 0 Å². The second-order valence-electron chi connectivity index (χ2n) is 7.38. The summed E-state index contributed by atoms with van der Waals surface area (Å²) in [5.74, 6) is 1.51. The van der Waals surface area contributed by atoms with Crippen LogP contribution in [0.1, 0.15) is 52.4 Å². The molecule has 1 saturated carbocycles. The summed E-state index contributed by atoms with van der Waals surface area (Å²) in [6.07, 6.45) is 7.99. The van der Waals surface area contributed by atoms with E-state index >= 15 is 0 Å². The van der Waals surface area contributed by atoms with Gasteiger partial charge >= 0.3 is 6.03 Å². The molecule has 1 aliphatic heterocycles. The first-order valence-electron chi connectivity index (χ1n) is 9.51. The van der Waals surface area contributed by atoms with E-state index in [-0.39, 0.29) is 6.03 Å². The fourth-order valence-corrected chi connectivity index (χ4v) is 3.58. The van der Waals surface area contributed by atoms with Crippen molar-refractivity contribution >= 4 is 6.03 Å². The number of carbonyl (C=O) groups excluding carboxylic acids is 1. The number of nitrogens with zero attached hydrogens (tertiary/aromatic N) is 1. The van der Waals surface area contributed by atoms with Gasteiger partial charge in [0.25, 0.3) is 0 Å². The first-order chi connectivity index (χ1) is 11.1. The van der Waals surface area contributed by atoms with E-state index < -0.39 is 0 Å². The van der Waals surface area contributed by atoms with Gasteiger partial charge in [0.05, 0.1) is 12.7 Å². The highest BCUT2D eigenvalue weighted by Gasteiger charge is 2.21. The van der Waals surface area contributed by atoms with Gasteiger partial charge in [0.2, 0.25) is 0 Å². The molecule has 2 N–H and O–H groups in total. The molecule has 2 rings (SSSR count). The highest BCUT2D eigenvalue weighted by Crippen LogP contribution is 2.25. The summed E-state index contributed by atoms with van der Waals surface area (Å²) >= 11 is 0. The largest absolute Gasteiger partial charge is 0.376 e. The summed E-state index contributed by atoms with van der Waals surface area (Å²) < 4.78 is 5.90. The lowest BCUT2D eigenvalue weighted by Crippen LogP contribution is -2.43. The average molecular weight is 325 g/mol. The first-order valence-corrected chi connectivity index (χ1v) is 9.51. The molecular formula is C18H35N3O2. The van der Waals surface area contributed by atoms with E-state index in [0.717, 1.165) is 32.1 Å². The fourth-order valence-electron chi connectivity index (χ4n) is 3.58. The van der Waals surface area contributed by atoms with Crippen molar-refractivity contribution < 1.29 is 9.53 Å². The van der Waals surface area contributed by atoms with Crippen LogP contribution in [0.5, 0.6) is 0 Å². The van der Waals surface area contributed by atoms with Crippen molar-refractivity contribution in [3.63, 3.8) is 0 Å². The SMILES string of the molecule is CC1CCN(CCNC(=O)NCCOC2CCCCC2C)CC1. The Morgan fingerprint density at radius 1 is 1.04 bits per heavy atom. The maximum Gasteiger partial charge on any atom is 0.314 e. The van der Waals surface area contributed by atoms with Gasteiger partial charge in [0.15, 0.2) is 0 Å². The Hall–Kier alpha value is -0.810. The lowest BCUT2D eigenvalue weighted by molar-refractivity contribution is -0.00243. The van der Waals surface area contributed by atoms with Crippen LogP contribution in [-0.2, 0) is 4.74 Å². The quantitative estimate of drug-likeness (QED) is 0.708. The molecule has 0 spiro atoms. The molecule has 23 heavy (non-hydrogen) atoms. The van der Waals surface area contributed by atoms with Gasteiger partial charge in [-0.15, -0.1) is 0 Å². The minimum Gasteiger partial charge on any atom is -0.376 e. The minimum atomic E-state index is -0.0735. The predicted octanol–water partition coefficient (Wildman–Crippen LogP) is 2.61. The van der Waals surface area contributed by atoms with Crippen molar-refractivity contribution in [2.24, 2.45) is 11.8 Å². The molecule has 5 heteroatoms. The molecule has 2 aliphatic rings. The number of amides is 2. The maximum atomic E-state index is 11.8. The van der Waals surface area contributed by atoms with E-state index in [9.17, 15) is 4.79 Å². The number of nitrogens with one attached hydrogen (secondary N) is 2. The van der Waals surface area contributed by atoms with Crippen molar-refractivity contribution in [3.05, 3.63) is 0 Å². The monoisotopic (exact) mass is 325 g/mol. The highest BCUT2D eigenvalue weighted by molar-refractivity contribution is 5.73. The predicted molar refractivity (Wildman–Crippen MR) is 93.6 cm³/mol. The van der Waals surface area contributed by atoms with Crippen molar-refractivity contribution in [2.75, 3.05) is 39.3 Å². The number of urea groups is 1. The van der Waals surface area contributed by atoms with Crippen LogP contribution in [0.2, 0.25) is 0 Å². The molecule has 2 atom stereocenters. The van der Waals surface area contributed by atoms with E-state index in [1.807, 2.05) is 0 Å². The molecular weight excluding hydrogens is 290 g/mol. The molecule has 0 aromatic rings. The third-order valence-corrected chi connectivity index (χ3v) is 5.34. The maximum absolute atomic E-state index is 11.8. The third-order valence-electron chi connectivity index (χ3n) is 5.34. The van der Waals surface area contributed by atoms with E-state index in [1.54, 1.807) is 0 Å². The van der Waals surface area contributed by atoms with Crippen LogP contribution in [-0.4, -0.2) is 56.4 Å². The van der Waals surface area contributed by atoms with Crippen molar-refractivity contribution in [1.82, 2.24) is 15.5 Å². The summed E-state index contributed by atoms with van der Waals surface area (Å²) in [6.45, 7) is 9.81. The lowest BCUT2D eigenvalue weighted by atomic mass is 9.88. The number of rotatable bonds is 7. The number of piperidine rings is 1. The number of likely N-dealkylation sites (tertiary alicyclic amines) is 1. The lowest BCUT2D eigenvalue weighted by Gasteiger charge is -2.30. The molecule has 2 fully saturated rings. The van der Waals surface area contributed by atoms with Gasteiger partial charge in [-0.1, -0.05) is 26.7 Å². The van der Waals surface area contributed by atoms with E-state index in [2.05, 4.69) is 29.4 Å². The van der Waals surface area contributed by atoms with Crippen LogP contribution < -0.4 is 10.6 Å². The fraction of sp³-hybridized carbons (Fsp3) is 0.944. The number of carbonyl (C=O) groups is 1. The molecule has 134 valence electrons. The average Bonchev–Trinajstić information content (AvgIpc) is 2.55. The molecule has 0 bridgehead atoms. The molecule has 1 heterocycles. The van der Waals surface area contributed by atoms with Gasteiger partial charge in [-0.05, 0) is 50.6 Å². The molecule has 2 amide bonds. The molecule has 2 unspecified atom stereocenters. The van der Waals surface area contributed by atoms with Gasteiger partial charge in [0, 0.05) is 19.6 Å². The minimum absolute atomic E-state index is 0.0735. The van der Waals surface area contributed by atoms with Crippen LogP contribution in [0.4, 0.5) is 4.79 Å². The zero-order chi connectivity index (χ0) is 16.5. The Labute approximate surface area is 141 Å². The van der Waals surface area contributed by atoms with Crippen molar-refractivity contribution in [2.45, 2.75) is 58.5 Å². The van der Waals surface area contributed by atoms with Gasteiger partial charge in [-0.3, -0.25) is 0 Å². The standard InChI is InChI=1S/C18H35N3O2/c1-15-7-11-21(12-8-15)13-9-19-18(22)20-10-14-23-17-6-4-3-5-16(17)2/h15-17H,3-14H2,1-2H3,(H2,19,20,22). The summed E-state index contributed by atoms with van der Waals surface area (Å²) in [5, 5.41) is 5.83. The molecule has 0 aromatic heterocycles. The van der Waals surface area contributed by atoms with E-state index in [4.69, 9.17) is 4.74 Å². The molecule has 1 saturated heterocycles. The number of hydrogen-bond acceptors (Lipinski definition) is 3. The van der Waals surface area contributed by atoms with Crippen LogP contribution in [0.25, 0.3) is 0 Å². The molecule has 1 aliphatic carbocycles. The summed E-state index contributed by atoms with van der Waals surface area (Å²) in [4.78, 5) is 14.2. The van der Waals surface area contributed by atoms with E-state index in [0.29, 0.717) is 25.2 Å². The summed E-state index contributed by atoms with van der Waals surface area (Å²) in [6, 6.07) is -0.0735. The summed E-state index contributed by atoms with van der Waals surface area (Å²) in [5.41, 5.74) is 0. The van der Waals surface area contributed by atoms with Gasteiger partial charge < -0.3 is 20.3 Å². The van der Waals surface area contributed by atoms with Crippen LogP contribution >= 0.6 is 0 Å². The van der Waals surface area contributed by atoms with Crippen LogP contribution in [0.3, 0.4) is 0 Å². The van der Waals surface area contributed by atoms with Crippen LogP contribution in [0, 0.1) is 11.8 Å². The Balaban J connectivity index is 1.45. The highest BCUT2D eigenvalue weighted by atomic mass is 16.5. The Bertz CT molecular complexity index is 343. The Kier molecular flexibility index (Phi) is 8.17. The second-order valence-corrected chi connectivity index (χ2v) is 7.38. The second kappa shape index (κ2) is 10.1. The van der Waals surface area contributed by atoms with E-state index in [1.165, 1.54) is 38.5 Å². The topological polar surface area (TPSA) is 53.6 Å². The molecule has 0 radical (unpaired) electrons. The first kappa shape index (κ1) is 18.5. The third kappa shape index (κ3) is 7.08. The Morgan fingerprint density at radius 2 is 1.74 bits per heavy atom. The zero-order valence-electron chi connectivity index (χ0n) is 15.0. The molecule has 0 aromatic carbocycles.